The SMILES string of the molecule is COC(=O)N[C@H](P)C(=O)N1CCC[C@H]1c1ncc(-c2ccc(-c3ccc(C4=CN=C([C@@H]5CCCN5C(=O)[C@H](NC(=O)OC)c5ccccc5)C4)cn3)c(C)c2)[nH]1. The fourth-order valence-corrected chi connectivity index (χ4v) is 8.06. The van der Waals surface area contributed by atoms with Gasteiger partial charge in [-0.15, -0.1) is 9.24 Å². The van der Waals surface area contributed by atoms with Gasteiger partial charge in [0.15, 0.2) is 0 Å². The molecule has 4 amide bonds. The first kappa shape index (κ1) is 38.4. The van der Waals surface area contributed by atoms with E-state index in [4.69, 9.17) is 14.7 Å². The van der Waals surface area contributed by atoms with Gasteiger partial charge in [-0.1, -0.05) is 48.5 Å². The number of hydrogen-bond acceptors (Lipinski definition) is 9. The molecule has 3 aliphatic rings. The molecule has 7 rings (SSSR count). The first-order valence-electron chi connectivity index (χ1n) is 18.6. The third kappa shape index (κ3) is 8.06. The van der Waals surface area contributed by atoms with Crippen molar-refractivity contribution in [3.8, 4) is 22.5 Å². The summed E-state index contributed by atoms with van der Waals surface area (Å²) in [5, 5.41) is 5.25. The van der Waals surface area contributed by atoms with Crippen LogP contribution in [0.1, 0.15) is 66.7 Å². The van der Waals surface area contributed by atoms with Crippen LogP contribution in [0, 0.1) is 6.92 Å². The number of rotatable bonds is 10. The summed E-state index contributed by atoms with van der Waals surface area (Å²) < 4.78 is 9.47. The van der Waals surface area contributed by atoms with Gasteiger partial charge in [0.05, 0.1) is 43.9 Å². The van der Waals surface area contributed by atoms with Crippen LogP contribution < -0.4 is 10.6 Å². The number of methoxy groups -OCH3 is 2. The van der Waals surface area contributed by atoms with Gasteiger partial charge in [-0.2, -0.15) is 0 Å². The van der Waals surface area contributed by atoms with Gasteiger partial charge in [0.1, 0.15) is 17.6 Å². The lowest BCUT2D eigenvalue weighted by molar-refractivity contribution is -0.133. The number of aromatic nitrogens is 3. The van der Waals surface area contributed by atoms with Crippen LogP contribution in [-0.2, 0) is 19.1 Å². The number of ether oxygens (including phenoxy) is 2. The van der Waals surface area contributed by atoms with E-state index in [1.165, 1.54) is 14.2 Å². The second-order valence-electron chi connectivity index (χ2n) is 14.1. The van der Waals surface area contributed by atoms with Crippen molar-refractivity contribution in [2.45, 2.75) is 62.9 Å². The Morgan fingerprint density at radius 1 is 0.839 bits per heavy atom. The molecular weight excluding hydrogens is 731 g/mol. The fourth-order valence-electron chi connectivity index (χ4n) is 7.74. The number of aromatic amines is 1. The molecule has 1 unspecified atom stereocenters. The fraction of sp³-hybridized carbons (Fsp3) is 0.341. The quantitative estimate of drug-likeness (QED) is 0.166. The summed E-state index contributed by atoms with van der Waals surface area (Å²) in [6, 6.07) is 18.2. The number of carbonyl (C=O) groups is 4. The summed E-state index contributed by atoms with van der Waals surface area (Å²) in [5.41, 5.74) is 8.30. The van der Waals surface area contributed by atoms with E-state index in [1.54, 1.807) is 11.1 Å². The molecule has 290 valence electrons. The Bertz CT molecular complexity index is 2170. The van der Waals surface area contributed by atoms with Crippen LogP contribution in [0.15, 0.2) is 84.2 Å². The number of alkyl carbamates (subject to hydrolysis) is 2. The number of aliphatic imine (C=N–C) groups is 1. The summed E-state index contributed by atoms with van der Waals surface area (Å²) in [5.74, 6) is -0.497. The highest BCUT2D eigenvalue weighted by atomic mass is 31.0. The zero-order valence-electron chi connectivity index (χ0n) is 31.5. The van der Waals surface area contributed by atoms with Crippen molar-refractivity contribution in [1.82, 2.24) is 35.4 Å². The normalized spacial score (nSPS) is 18.9. The summed E-state index contributed by atoms with van der Waals surface area (Å²) in [4.78, 5) is 72.1. The third-order valence-corrected chi connectivity index (χ3v) is 11.1. The first-order chi connectivity index (χ1) is 27.1. The van der Waals surface area contributed by atoms with E-state index in [0.29, 0.717) is 30.9 Å². The molecule has 2 aromatic carbocycles. The number of hydrogen-bond donors (Lipinski definition) is 3. The number of nitrogens with zero attached hydrogens (tertiary/aromatic N) is 5. The molecule has 56 heavy (non-hydrogen) atoms. The maximum Gasteiger partial charge on any atom is 0.407 e. The molecule has 3 N–H and O–H groups in total. The van der Waals surface area contributed by atoms with Gasteiger partial charge in [0.2, 0.25) is 11.8 Å². The van der Waals surface area contributed by atoms with E-state index >= 15 is 0 Å². The van der Waals surface area contributed by atoms with Crippen LogP contribution in [0.25, 0.3) is 28.1 Å². The number of benzene rings is 2. The van der Waals surface area contributed by atoms with Gasteiger partial charge in [-0.3, -0.25) is 19.6 Å². The zero-order valence-corrected chi connectivity index (χ0v) is 32.7. The maximum absolute atomic E-state index is 13.9. The van der Waals surface area contributed by atoms with Crippen LogP contribution in [0.4, 0.5) is 9.59 Å². The average molecular weight is 777 g/mol. The number of likely N-dealkylation sites (tertiary alicyclic amines) is 2. The number of allylic oxidation sites excluding steroid dienone is 1. The summed E-state index contributed by atoms with van der Waals surface area (Å²) in [6.45, 7) is 3.20. The van der Waals surface area contributed by atoms with Crippen molar-refractivity contribution in [3.63, 3.8) is 0 Å². The Hall–Kier alpha value is -5.88. The Balaban J connectivity index is 0.991. The van der Waals surface area contributed by atoms with Gasteiger partial charge >= 0.3 is 12.2 Å². The Labute approximate surface area is 327 Å². The summed E-state index contributed by atoms with van der Waals surface area (Å²) >= 11 is 0. The molecule has 3 aliphatic heterocycles. The molecule has 0 spiro atoms. The Kier molecular flexibility index (Phi) is 11.6. The van der Waals surface area contributed by atoms with Gasteiger partial charge in [-0.25, -0.2) is 14.6 Å². The molecule has 14 nitrogen and oxygen atoms in total. The minimum Gasteiger partial charge on any atom is -0.453 e. The summed E-state index contributed by atoms with van der Waals surface area (Å²) in [7, 11) is 4.91. The predicted octanol–water partition coefficient (Wildman–Crippen LogP) is 5.94. The smallest absolute Gasteiger partial charge is 0.407 e. The highest BCUT2D eigenvalue weighted by Gasteiger charge is 2.38. The van der Waals surface area contributed by atoms with E-state index in [0.717, 1.165) is 70.6 Å². The number of aryl methyl sites for hydroxylation is 1. The van der Waals surface area contributed by atoms with E-state index < -0.39 is 24.0 Å². The average Bonchev–Trinajstić information content (AvgIpc) is 4.07. The highest BCUT2D eigenvalue weighted by molar-refractivity contribution is 7.19. The third-order valence-electron chi connectivity index (χ3n) is 10.6. The molecule has 0 saturated carbocycles. The van der Waals surface area contributed by atoms with E-state index in [1.807, 2.05) is 66.7 Å². The summed E-state index contributed by atoms with van der Waals surface area (Å²) in [6.07, 6.45) is 8.04. The molecule has 5 atom stereocenters. The lowest BCUT2D eigenvalue weighted by Gasteiger charge is -2.29. The van der Waals surface area contributed by atoms with Crippen molar-refractivity contribution < 1.29 is 28.7 Å². The van der Waals surface area contributed by atoms with Crippen LogP contribution in [0.2, 0.25) is 0 Å². The standard InChI is InChI=1S/C41H45N8O6P/c1-24-19-26(32-23-44-36(45-32)34-12-8-18-49(34)39(51)37(56)47-41(53)55-3)13-15-29(24)30-16-14-27(21-42-30)28-20-31(43-22-28)33-11-7-17-48(33)38(50)35(46-40(52)54-2)25-9-5-4-6-10-25/h4-6,9-10,13-16,19,21-23,33-35,37H,7-8,11-12,17-18,20,56H2,1-3H3,(H,44,45)(H,46,52)(H,47,53)/t33-,34-,35+,37+/m0/s1. The van der Waals surface area contributed by atoms with Crippen LogP contribution >= 0.6 is 9.24 Å². The number of imidazole rings is 1. The van der Waals surface area contributed by atoms with Gasteiger partial charge in [0.25, 0.3) is 0 Å². The van der Waals surface area contributed by atoms with Gasteiger partial charge in [0, 0.05) is 43.2 Å². The number of amides is 4. The van der Waals surface area contributed by atoms with Crippen molar-refractivity contribution in [2.24, 2.45) is 4.99 Å². The van der Waals surface area contributed by atoms with Crippen molar-refractivity contribution >= 4 is 44.5 Å². The zero-order chi connectivity index (χ0) is 39.3. The number of nitrogens with one attached hydrogen (secondary N) is 3. The van der Waals surface area contributed by atoms with Crippen molar-refractivity contribution in [3.05, 3.63) is 102 Å². The predicted molar refractivity (Wildman–Crippen MR) is 214 cm³/mol. The van der Waals surface area contributed by atoms with Crippen molar-refractivity contribution in [1.29, 1.82) is 0 Å². The minimum absolute atomic E-state index is 0.168. The molecule has 0 aliphatic carbocycles. The molecule has 15 heteroatoms. The van der Waals surface area contributed by atoms with Crippen LogP contribution in [0.5, 0.6) is 0 Å². The lowest BCUT2D eigenvalue weighted by Crippen LogP contribution is -2.47. The number of carbonyl (C=O) groups excluding carboxylic acids is 4. The maximum atomic E-state index is 13.9. The van der Waals surface area contributed by atoms with Gasteiger partial charge in [-0.05, 0) is 72.6 Å². The first-order valence-corrected chi connectivity index (χ1v) is 19.3. The molecule has 0 bridgehead atoms. The largest absolute Gasteiger partial charge is 0.453 e. The van der Waals surface area contributed by atoms with Crippen LogP contribution in [0.3, 0.4) is 0 Å². The monoisotopic (exact) mass is 776 g/mol. The Morgan fingerprint density at radius 3 is 2.23 bits per heavy atom. The molecule has 2 fully saturated rings. The minimum atomic E-state index is -0.864. The molecule has 2 aromatic heterocycles. The van der Waals surface area contributed by atoms with E-state index in [2.05, 4.69) is 52.8 Å². The topological polar surface area (TPSA) is 171 Å². The molecule has 0 radical (unpaired) electrons. The second kappa shape index (κ2) is 16.9. The van der Waals surface area contributed by atoms with Gasteiger partial charge < -0.3 is 34.9 Å². The van der Waals surface area contributed by atoms with Crippen LogP contribution in [-0.4, -0.2) is 93.6 Å². The number of H-pyrrole nitrogens is 1. The lowest BCUT2D eigenvalue weighted by atomic mass is 9.97. The van der Waals surface area contributed by atoms with E-state index in [-0.39, 0.29) is 23.9 Å². The van der Waals surface area contributed by atoms with E-state index in [9.17, 15) is 19.2 Å². The Morgan fingerprint density at radius 2 is 1.54 bits per heavy atom. The molecule has 4 aromatic rings. The molecule has 5 heterocycles. The highest BCUT2D eigenvalue weighted by Crippen LogP contribution is 2.35. The second-order valence-corrected chi connectivity index (χ2v) is 14.7. The van der Waals surface area contributed by atoms with Crippen molar-refractivity contribution in [2.75, 3.05) is 27.3 Å². The molecule has 2 saturated heterocycles. The number of pyridine rings is 1. The molecular formula is C41H45N8O6P.